The van der Waals surface area contributed by atoms with Gasteiger partial charge in [-0.05, 0) is 30.5 Å². The molecule has 0 atom stereocenters. The van der Waals surface area contributed by atoms with Gasteiger partial charge in [0.15, 0.2) is 4.90 Å². The average Bonchev–Trinajstić information content (AvgIpc) is 2.85. The predicted molar refractivity (Wildman–Crippen MR) is 125 cm³/mol. The summed E-state index contributed by atoms with van der Waals surface area (Å²) in [5, 5.41) is 14.3. The molecule has 0 aliphatic carbocycles. The molecule has 1 aliphatic rings. The molecule has 1 N–H and O–H groups in total. The summed E-state index contributed by atoms with van der Waals surface area (Å²) in [5.74, 6) is -0.521. The van der Waals surface area contributed by atoms with Gasteiger partial charge in [-0.25, -0.2) is 8.42 Å². The maximum absolute atomic E-state index is 13.0. The molecular weight excluding hydrogens is 442 g/mol. The number of carbonyl (C=O) groups is 1. The number of nitrogens with zero attached hydrogens (tertiary/aromatic N) is 2. The van der Waals surface area contributed by atoms with E-state index in [2.05, 4.69) is 5.32 Å². The van der Waals surface area contributed by atoms with Gasteiger partial charge in [0.05, 0.1) is 4.92 Å². The van der Waals surface area contributed by atoms with Crippen molar-refractivity contribution in [3.63, 3.8) is 0 Å². The second kappa shape index (κ2) is 9.51. The summed E-state index contributed by atoms with van der Waals surface area (Å²) in [6.45, 7) is 0.236. The molecule has 1 saturated heterocycles. The Kier molecular flexibility index (Phi) is 6.52. The maximum atomic E-state index is 13.0. The van der Waals surface area contributed by atoms with Crippen LogP contribution in [0.25, 0.3) is 11.1 Å². The Hall–Kier alpha value is -3.56. The van der Waals surface area contributed by atoms with Crippen molar-refractivity contribution >= 4 is 27.3 Å². The van der Waals surface area contributed by atoms with Gasteiger partial charge < -0.3 is 5.32 Å². The maximum Gasteiger partial charge on any atom is 0.289 e. The number of nitro groups is 1. The summed E-state index contributed by atoms with van der Waals surface area (Å²) in [7, 11) is -4.03. The molecule has 0 bridgehead atoms. The number of carbonyl (C=O) groups excluding carboxylic acids is 1. The van der Waals surface area contributed by atoms with Crippen LogP contribution in [0.5, 0.6) is 0 Å². The second-order valence-electron chi connectivity index (χ2n) is 7.80. The van der Waals surface area contributed by atoms with E-state index >= 15 is 0 Å². The van der Waals surface area contributed by atoms with Crippen LogP contribution < -0.4 is 5.32 Å². The van der Waals surface area contributed by atoms with Gasteiger partial charge in [-0.1, -0.05) is 60.7 Å². The van der Waals surface area contributed by atoms with Crippen LogP contribution in [0.2, 0.25) is 0 Å². The highest BCUT2D eigenvalue weighted by molar-refractivity contribution is 7.89. The normalized spacial score (nSPS) is 15.2. The Balaban J connectivity index is 1.45. The van der Waals surface area contributed by atoms with Crippen molar-refractivity contribution in [1.82, 2.24) is 4.31 Å². The number of anilines is 1. The third kappa shape index (κ3) is 4.79. The van der Waals surface area contributed by atoms with Gasteiger partial charge in [0.25, 0.3) is 5.69 Å². The van der Waals surface area contributed by atoms with Crippen LogP contribution in [-0.4, -0.2) is 36.6 Å². The molecule has 9 heteroatoms. The van der Waals surface area contributed by atoms with Gasteiger partial charge in [-0.15, -0.1) is 0 Å². The first-order valence-electron chi connectivity index (χ1n) is 10.6. The third-order valence-electron chi connectivity index (χ3n) is 5.77. The predicted octanol–water partition coefficient (Wildman–Crippen LogP) is 4.30. The highest BCUT2D eigenvalue weighted by atomic mass is 32.2. The van der Waals surface area contributed by atoms with E-state index in [1.54, 1.807) is 0 Å². The molecule has 0 spiro atoms. The zero-order valence-corrected chi connectivity index (χ0v) is 18.6. The Morgan fingerprint density at radius 2 is 1.52 bits per heavy atom. The molecule has 33 heavy (non-hydrogen) atoms. The number of hydrogen-bond donors (Lipinski definition) is 1. The number of piperidine rings is 1. The van der Waals surface area contributed by atoms with Gasteiger partial charge in [-0.3, -0.25) is 14.9 Å². The lowest BCUT2D eigenvalue weighted by molar-refractivity contribution is -0.387. The van der Waals surface area contributed by atoms with E-state index < -0.39 is 20.6 Å². The van der Waals surface area contributed by atoms with Gasteiger partial charge in [0.1, 0.15) is 0 Å². The quantitative estimate of drug-likeness (QED) is 0.431. The van der Waals surface area contributed by atoms with Crippen LogP contribution in [-0.2, 0) is 14.8 Å². The van der Waals surface area contributed by atoms with Crippen LogP contribution in [0.4, 0.5) is 11.4 Å². The van der Waals surface area contributed by atoms with Crippen LogP contribution in [0.1, 0.15) is 12.8 Å². The number of hydrogen-bond acceptors (Lipinski definition) is 5. The molecule has 0 saturated carbocycles. The number of benzene rings is 3. The molecular formula is C24H23N3O5S. The molecule has 4 rings (SSSR count). The molecule has 0 radical (unpaired) electrons. The van der Waals surface area contributed by atoms with E-state index in [0.29, 0.717) is 18.5 Å². The summed E-state index contributed by atoms with van der Waals surface area (Å²) in [6, 6.07) is 22.6. The van der Waals surface area contributed by atoms with Crippen LogP contribution in [0, 0.1) is 16.0 Å². The van der Waals surface area contributed by atoms with Gasteiger partial charge in [-0.2, -0.15) is 4.31 Å². The fourth-order valence-electron chi connectivity index (χ4n) is 4.02. The van der Waals surface area contributed by atoms with Gasteiger partial charge in [0.2, 0.25) is 15.9 Å². The standard InChI is InChI=1S/C24H23N3O5S/c28-24(25-21-11-5-4-10-20(21)18-8-2-1-3-9-18)19-14-16-26(17-15-19)33(31,32)23-13-7-6-12-22(23)27(29)30/h1-13,19H,14-17H2,(H,25,28). The van der Waals surface area contributed by atoms with E-state index in [0.717, 1.165) is 11.1 Å². The first-order chi connectivity index (χ1) is 15.9. The van der Waals surface area contributed by atoms with Crippen LogP contribution in [0.15, 0.2) is 83.8 Å². The molecule has 8 nitrogen and oxygen atoms in total. The largest absolute Gasteiger partial charge is 0.325 e. The summed E-state index contributed by atoms with van der Waals surface area (Å²) < 4.78 is 27.2. The highest BCUT2D eigenvalue weighted by Gasteiger charge is 2.35. The third-order valence-corrected chi connectivity index (χ3v) is 7.72. The molecule has 3 aromatic rings. The Morgan fingerprint density at radius 3 is 2.21 bits per heavy atom. The Labute approximate surface area is 192 Å². The van der Waals surface area contributed by atoms with E-state index in [-0.39, 0.29) is 29.8 Å². The Morgan fingerprint density at radius 1 is 0.909 bits per heavy atom. The minimum atomic E-state index is -4.03. The van der Waals surface area contributed by atoms with E-state index in [4.69, 9.17) is 0 Å². The molecule has 3 aromatic carbocycles. The molecule has 1 amide bonds. The van der Waals surface area contributed by atoms with Crippen LogP contribution >= 0.6 is 0 Å². The second-order valence-corrected chi connectivity index (χ2v) is 9.71. The zero-order valence-electron chi connectivity index (χ0n) is 17.8. The summed E-state index contributed by atoms with van der Waals surface area (Å²) in [6.07, 6.45) is 0.665. The van der Waals surface area contributed by atoms with Crippen molar-refractivity contribution in [3.8, 4) is 11.1 Å². The summed E-state index contributed by atoms with van der Waals surface area (Å²) in [5.41, 5.74) is 2.14. The van der Waals surface area contributed by atoms with Gasteiger partial charge in [0, 0.05) is 36.3 Å². The number of nitro benzene ring substituents is 1. The Bertz CT molecular complexity index is 1270. The number of sulfonamides is 1. The molecule has 170 valence electrons. The monoisotopic (exact) mass is 465 g/mol. The van der Waals surface area contributed by atoms with Crippen LogP contribution in [0.3, 0.4) is 0 Å². The minimum Gasteiger partial charge on any atom is -0.325 e. The number of nitrogens with one attached hydrogen (secondary N) is 1. The average molecular weight is 466 g/mol. The van der Waals surface area contributed by atoms with Crippen molar-refractivity contribution in [2.24, 2.45) is 5.92 Å². The SMILES string of the molecule is O=C(Nc1ccccc1-c1ccccc1)C1CCN(S(=O)(=O)c2ccccc2[N+](=O)[O-])CC1. The number of rotatable bonds is 6. The van der Waals surface area contributed by atoms with Crippen molar-refractivity contribution < 1.29 is 18.1 Å². The summed E-state index contributed by atoms with van der Waals surface area (Å²) in [4.78, 5) is 23.2. The first-order valence-corrected chi connectivity index (χ1v) is 12.0. The fraction of sp³-hybridized carbons (Fsp3) is 0.208. The highest BCUT2D eigenvalue weighted by Crippen LogP contribution is 2.31. The van der Waals surface area contributed by atoms with E-state index in [9.17, 15) is 23.3 Å². The molecule has 1 heterocycles. The first kappa shape index (κ1) is 22.6. The van der Waals surface area contributed by atoms with Crippen molar-refractivity contribution in [2.45, 2.75) is 17.7 Å². The summed E-state index contributed by atoms with van der Waals surface area (Å²) >= 11 is 0. The minimum absolute atomic E-state index is 0.118. The lowest BCUT2D eigenvalue weighted by Gasteiger charge is -2.30. The zero-order chi connectivity index (χ0) is 23.4. The van der Waals surface area contributed by atoms with Crippen molar-refractivity contribution in [2.75, 3.05) is 18.4 Å². The topological polar surface area (TPSA) is 110 Å². The number of amides is 1. The fourth-order valence-corrected chi connectivity index (χ4v) is 5.65. The van der Waals surface area contributed by atoms with Crippen molar-refractivity contribution in [3.05, 3.63) is 89.0 Å². The van der Waals surface area contributed by atoms with Gasteiger partial charge >= 0.3 is 0 Å². The van der Waals surface area contributed by atoms with E-state index in [1.165, 1.54) is 28.6 Å². The van der Waals surface area contributed by atoms with E-state index in [1.807, 2.05) is 54.6 Å². The molecule has 0 aromatic heterocycles. The lowest BCUT2D eigenvalue weighted by atomic mass is 9.96. The molecule has 1 fully saturated rings. The molecule has 1 aliphatic heterocycles. The smallest absolute Gasteiger partial charge is 0.289 e. The number of para-hydroxylation sites is 2. The molecule has 0 unspecified atom stereocenters. The van der Waals surface area contributed by atoms with Crippen molar-refractivity contribution in [1.29, 1.82) is 0 Å². The lowest BCUT2D eigenvalue weighted by Crippen LogP contribution is -2.41.